The average Bonchev–Trinajstić information content (AvgIpc) is 2.79. The molecule has 2 aliphatic heterocycles. The van der Waals surface area contributed by atoms with Gasteiger partial charge in [0.1, 0.15) is 5.75 Å². The summed E-state index contributed by atoms with van der Waals surface area (Å²) in [6.07, 6.45) is 2.82. The lowest BCUT2D eigenvalue weighted by Crippen LogP contribution is -2.41. The lowest BCUT2D eigenvalue weighted by molar-refractivity contribution is -0.122. The first-order valence-electron chi connectivity index (χ1n) is 11.2. The fraction of sp³-hybridized carbons (Fsp3) is 0.440. The molecule has 0 radical (unpaired) electrons. The molecule has 0 saturated carbocycles. The quantitative estimate of drug-likeness (QED) is 0.745. The van der Waals surface area contributed by atoms with Crippen LogP contribution in [0.15, 0.2) is 48.5 Å². The Kier molecular flexibility index (Phi) is 6.87. The Morgan fingerprint density at radius 2 is 1.77 bits per heavy atom. The maximum Gasteiger partial charge on any atom is 0.265 e. The Bertz CT molecular complexity index is 904. The molecule has 0 unspecified atom stereocenters. The smallest absolute Gasteiger partial charge is 0.265 e. The first kappa shape index (κ1) is 21.4. The zero-order valence-electron chi connectivity index (χ0n) is 18.2. The van der Waals surface area contributed by atoms with E-state index in [0.717, 1.165) is 23.7 Å². The van der Waals surface area contributed by atoms with Crippen LogP contribution in [0.25, 0.3) is 0 Å². The van der Waals surface area contributed by atoms with Crippen molar-refractivity contribution in [3.63, 3.8) is 0 Å². The van der Waals surface area contributed by atoms with Crippen LogP contribution in [0.5, 0.6) is 5.75 Å². The van der Waals surface area contributed by atoms with Crippen LogP contribution in [-0.4, -0.2) is 43.0 Å². The van der Waals surface area contributed by atoms with Crippen molar-refractivity contribution in [2.75, 3.05) is 31.1 Å². The normalized spacial score (nSPS) is 17.2. The number of ether oxygens (including phenoxy) is 1. The Labute approximate surface area is 184 Å². The van der Waals surface area contributed by atoms with Gasteiger partial charge in [-0.15, -0.1) is 0 Å². The van der Waals surface area contributed by atoms with Gasteiger partial charge in [0.15, 0.2) is 6.61 Å². The summed E-state index contributed by atoms with van der Waals surface area (Å²) in [5.41, 5.74) is 3.12. The van der Waals surface area contributed by atoms with Crippen LogP contribution in [0.2, 0.25) is 0 Å². The Balaban J connectivity index is 1.22. The van der Waals surface area contributed by atoms with Crippen molar-refractivity contribution in [1.82, 2.24) is 10.2 Å². The van der Waals surface area contributed by atoms with Gasteiger partial charge in [0, 0.05) is 26.1 Å². The molecule has 0 atom stereocenters. The number of rotatable bonds is 7. The standard InChI is InChI=1S/C25H31N3O3/c1-19-10-13-27(14-11-19)17-21-8-6-20(7-9-21)16-26-24(29)12-15-28-22-4-2-3-5-23(22)31-18-25(28)30/h2-9,19H,10-18H2,1H3,(H,26,29). The molecular formula is C25H31N3O3. The van der Waals surface area contributed by atoms with Gasteiger partial charge in [-0.2, -0.15) is 0 Å². The molecule has 164 valence electrons. The number of carbonyl (C=O) groups excluding carboxylic acids is 2. The first-order chi connectivity index (χ1) is 15.1. The van der Waals surface area contributed by atoms with Crippen LogP contribution in [0.4, 0.5) is 5.69 Å². The third-order valence-electron chi connectivity index (χ3n) is 6.17. The summed E-state index contributed by atoms with van der Waals surface area (Å²) in [4.78, 5) is 28.7. The van der Waals surface area contributed by atoms with E-state index in [4.69, 9.17) is 4.74 Å². The van der Waals surface area contributed by atoms with Gasteiger partial charge in [-0.3, -0.25) is 14.5 Å². The molecular weight excluding hydrogens is 390 g/mol. The molecule has 4 rings (SSSR count). The number of benzene rings is 2. The van der Waals surface area contributed by atoms with Gasteiger partial charge < -0.3 is 15.0 Å². The minimum atomic E-state index is -0.120. The van der Waals surface area contributed by atoms with Crippen molar-refractivity contribution in [2.45, 2.75) is 39.3 Å². The zero-order chi connectivity index (χ0) is 21.6. The molecule has 2 heterocycles. The Hall–Kier alpha value is -2.86. The van der Waals surface area contributed by atoms with Crippen LogP contribution >= 0.6 is 0 Å². The topological polar surface area (TPSA) is 61.9 Å². The van der Waals surface area contributed by atoms with E-state index in [1.54, 1.807) is 4.90 Å². The molecule has 31 heavy (non-hydrogen) atoms. The van der Waals surface area contributed by atoms with E-state index in [1.165, 1.54) is 31.5 Å². The number of para-hydroxylation sites is 2. The van der Waals surface area contributed by atoms with Gasteiger partial charge in [0.2, 0.25) is 5.91 Å². The lowest BCUT2D eigenvalue weighted by Gasteiger charge is -2.30. The van der Waals surface area contributed by atoms with Crippen molar-refractivity contribution in [3.05, 3.63) is 59.7 Å². The van der Waals surface area contributed by atoms with Crippen molar-refractivity contribution < 1.29 is 14.3 Å². The van der Waals surface area contributed by atoms with Crippen LogP contribution < -0.4 is 15.0 Å². The van der Waals surface area contributed by atoms with E-state index in [1.807, 2.05) is 24.3 Å². The lowest BCUT2D eigenvalue weighted by atomic mass is 9.99. The fourth-order valence-electron chi connectivity index (χ4n) is 4.14. The minimum absolute atomic E-state index is 0.0153. The van der Waals surface area contributed by atoms with Gasteiger partial charge in [-0.1, -0.05) is 43.3 Å². The highest BCUT2D eigenvalue weighted by atomic mass is 16.5. The molecule has 1 N–H and O–H groups in total. The second-order valence-corrected chi connectivity index (χ2v) is 8.60. The molecule has 2 amide bonds. The molecule has 1 fully saturated rings. The number of carbonyl (C=O) groups is 2. The highest BCUT2D eigenvalue weighted by Gasteiger charge is 2.25. The second-order valence-electron chi connectivity index (χ2n) is 8.60. The molecule has 0 spiro atoms. The maximum atomic E-state index is 12.3. The summed E-state index contributed by atoms with van der Waals surface area (Å²) in [5.74, 6) is 1.34. The zero-order valence-corrected chi connectivity index (χ0v) is 18.2. The van der Waals surface area contributed by atoms with Crippen molar-refractivity contribution in [1.29, 1.82) is 0 Å². The number of nitrogens with zero attached hydrogens (tertiary/aromatic N) is 2. The van der Waals surface area contributed by atoms with E-state index in [-0.39, 0.29) is 24.8 Å². The number of hydrogen-bond donors (Lipinski definition) is 1. The van der Waals surface area contributed by atoms with Crippen LogP contribution in [-0.2, 0) is 22.7 Å². The molecule has 0 bridgehead atoms. The molecule has 2 aromatic rings. The highest BCUT2D eigenvalue weighted by molar-refractivity contribution is 5.98. The van der Waals surface area contributed by atoms with E-state index < -0.39 is 0 Å². The van der Waals surface area contributed by atoms with E-state index in [9.17, 15) is 9.59 Å². The van der Waals surface area contributed by atoms with Crippen molar-refractivity contribution in [3.8, 4) is 5.75 Å². The van der Waals surface area contributed by atoms with Gasteiger partial charge >= 0.3 is 0 Å². The summed E-state index contributed by atoms with van der Waals surface area (Å²) >= 11 is 0. The molecule has 0 aliphatic carbocycles. The number of piperidine rings is 1. The summed E-state index contributed by atoms with van der Waals surface area (Å²) in [6.45, 7) is 6.53. The maximum absolute atomic E-state index is 12.3. The number of fused-ring (bicyclic) bond motifs is 1. The molecule has 2 aromatic carbocycles. The van der Waals surface area contributed by atoms with Gasteiger partial charge in [0.05, 0.1) is 5.69 Å². The molecule has 2 aliphatic rings. The number of nitrogens with one attached hydrogen (secondary N) is 1. The highest BCUT2D eigenvalue weighted by Crippen LogP contribution is 2.31. The van der Waals surface area contributed by atoms with Crippen LogP contribution in [0.1, 0.15) is 37.3 Å². The third kappa shape index (κ3) is 5.64. The predicted octanol–water partition coefficient (Wildman–Crippen LogP) is 3.35. The van der Waals surface area contributed by atoms with E-state index in [2.05, 4.69) is 41.4 Å². The summed E-state index contributed by atoms with van der Waals surface area (Å²) in [7, 11) is 0. The average molecular weight is 422 g/mol. The third-order valence-corrected chi connectivity index (χ3v) is 6.17. The fourth-order valence-corrected chi connectivity index (χ4v) is 4.14. The number of anilines is 1. The molecule has 0 aromatic heterocycles. The Morgan fingerprint density at radius 1 is 1.06 bits per heavy atom. The monoisotopic (exact) mass is 421 g/mol. The molecule has 1 saturated heterocycles. The minimum Gasteiger partial charge on any atom is -0.482 e. The SMILES string of the molecule is CC1CCN(Cc2ccc(CNC(=O)CCN3C(=O)COc4ccccc43)cc2)CC1. The van der Waals surface area contributed by atoms with Gasteiger partial charge in [0.25, 0.3) is 5.91 Å². The predicted molar refractivity (Wildman–Crippen MR) is 121 cm³/mol. The first-order valence-corrected chi connectivity index (χ1v) is 11.2. The largest absolute Gasteiger partial charge is 0.482 e. The Morgan fingerprint density at radius 3 is 2.55 bits per heavy atom. The number of hydrogen-bond acceptors (Lipinski definition) is 4. The van der Waals surface area contributed by atoms with Crippen molar-refractivity contribution >= 4 is 17.5 Å². The number of amides is 2. The van der Waals surface area contributed by atoms with Crippen LogP contribution in [0, 0.1) is 5.92 Å². The molecule has 6 nitrogen and oxygen atoms in total. The van der Waals surface area contributed by atoms with E-state index >= 15 is 0 Å². The summed E-state index contributed by atoms with van der Waals surface area (Å²) in [6, 6.07) is 15.9. The second kappa shape index (κ2) is 9.96. The van der Waals surface area contributed by atoms with Crippen molar-refractivity contribution in [2.24, 2.45) is 5.92 Å². The van der Waals surface area contributed by atoms with E-state index in [0.29, 0.717) is 18.8 Å². The summed E-state index contributed by atoms with van der Waals surface area (Å²) in [5, 5.41) is 2.96. The van der Waals surface area contributed by atoms with Crippen LogP contribution in [0.3, 0.4) is 0 Å². The summed E-state index contributed by atoms with van der Waals surface area (Å²) < 4.78 is 5.45. The molecule has 6 heteroatoms. The van der Waals surface area contributed by atoms with Gasteiger partial charge in [-0.25, -0.2) is 0 Å². The number of likely N-dealkylation sites (tertiary alicyclic amines) is 1. The van der Waals surface area contributed by atoms with Gasteiger partial charge in [-0.05, 0) is 55.1 Å².